The Hall–Kier alpha value is -2.67. The topological polar surface area (TPSA) is 95.9 Å². The summed E-state index contributed by atoms with van der Waals surface area (Å²) in [5, 5.41) is 11.9. The van der Waals surface area contributed by atoms with Crippen molar-refractivity contribution in [1.82, 2.24) is 10.2 Å². The quantitative estimate of drug-likeness (QED) is 0.520. The summed E-state index contributed by atoms with van der Waals surface area (Å²) < 4.78 is 5.67. The van der Waals surface area contributed by atoms with Gasteiger partial charge >= 0.3 is 5.97 Å². The lowest BCUT2D eigenvalue weighted by Gasteiger charge is -2.29. The van der Waals surface area contributed by atoms with Crippen molar-refractivity contribution >= 4 is 17.8 Å². The van der Waals surface area contributed by atoms with Gasteiger partial charge in [0, 0.05) is 19.0 Å². The van der Waals surface area contributed by atoms with Crippen LogP contribution in [0.5, 0.6) is 0 Å². The van der Waals surface area contributed by atoms with E-state index in [-0.39, 0.29) is 55.4 Å². The molecule has 32 heavy (non-hydrogen) atoms. The molecule has 7 heteroatoms. The maximum atomic E-state index is 13.2. The van der Waals surface area contributed by atoms with Crippen molar-refractivity contribution in [2.45, 2.75) is 57.5 Å². The van der Waals surface area contributed by atoms with Crippen LogP contribution in [0.2, 0.25) is 0 Å². The maximum Gasteiger partial charge on any atom is 0.309 e. The third-order valence-corrected chi connectivity index (χ3v) is 6.21. The number of cyclic esters (lactones) is 1. The first kappa shape index (κ1) is 24.0. The van der Waals surface area contributed by atoms with Gasteiger partial charge in [-0.1, -0.05) is 42.5 Å². The van der Waals surface area contributed by atoms with Crippen LogP contribution in [0.25, 0.3) is 0 Å². The van der Waals surface area contributed by atoms with Crippen LogP contribution >= 0.6 is 0 Å². The first-order valence-corrected chi connectivity index (χ1v) is 11.5. The van der Waals surface area contributed by atoms with E-state index in [2.05, 4.69) is 5.32 Å². The van der Waals surface area contributed by atoms with Gasteiger partial charge in [0.15, 0.2) is 0 Å². The minimum atomic E-state index is -0.472. The monoisotopic (exact) mass is 442 g/mol. The third kappa shape index (κ3) is 6.66. The minimum absolute atomic E-state index is 0.0681. The number of esters is 1. The van der Waals surface area contributed by atoms with Crippen molar-refractivity contribution in [1.29, 1.82) is 0 Å². The van der Waals surface area contributed by atoms with E-state index < -0.39 is 5.92 Å². The van der Waals surface area contributed by atoms with Gasteiger partial charge in [0.25, 0.3) is 0 Å². The van der Waals surface area contributed by atoms with Crippen molar-refractivity contribution in [3.63, 3.8) is 0 Å². The molecule has 4 unspecified atom stereocenters. The van der Waals surface area contributed by atoms with E-state index in [1.54, 1.807) is 11.8 Å². The number of aliphatic hydroxyl groups excluding tert-OH is 1. The zero-order valence-electron chi connectivity index (χ0n) is 18.7. The predicted molar refractivity (Wildman–Crippen MR) is 121 cm³/mol. The van der Waals surface area contributed by atoms with Gasteiger partial charge in [-0.25, -0.2) is 0 Å². The Labute approximate surface area is 189 Å². The van der Waals surface area contributed by atoms with Crippen LogP contribution in [0, 0.1) is 11.8 Å². The molecule has 1 saturated heterocycles. The summed E-state index contributed by atoms with van der Waals surface area (Å²) in [4.78, 5) is 40.2. The first-order valence-electron chi connectivity index (χ1n) is 11.5. The van der Waals surface area contributed by atoms with E-state index in [0.717, 1.165) is 18.4 Å². The van der Waals surface area contributed by atoms with Gasteiger partial charge < -0.3 is 20.1 Å². The molecule has 174 valence electrons. The molecular weight excluding hydrogens is 408 g/mol. The number of allylic oxidation sites excluding steroid dienone is 2. The van der Waals surface area contributed by atoms with Gasteiger partial charge in [-0.05, 0) is 44.6 Å². The molecule has 2 aliphatic rings. The summed E-state index contributed by atoms with van der Waals surface area (Å²) in [5.41, 5.74) is 1.08. The third-order valence-electron chi connectivity index (χ3n) is 6.21. The van der Waals surface area contributed by atoms with Gasteiger partial charge in [-0.3, -0.25) is 14.4 Å². The number of fused-ring (bicyclic) bond motifs is 1. The Balaban J connectivity index is 1.74. The summed E-state index contributed by atoms with van der Waals surface area (Å²) >= 11 is 0. The van der Waals surface area contributed by atoms with Crippen LogP contribution in [-0.2, 0) is 25.5 Å². The van der Waals surface area contributed by atoms with Crippen LogP contribution in [0.3, 0.4) is 0 Å². The molecule has 1 aromatic carbocycles. The normalized spacial score (nSPS) is 25.3. The molecule has 1 aromatic rings. The van der Waals surface area contributed by atoms with E-state index >= 15 is 0 Å². The second-order valence-electron chi connectivity index (χ2n) is 8.84. The molecule has 2 aliphatic heterocycles. The highest BCUT2D eigenvalue weighted by molar-refractivity contribution is 5.86. The number of hydrogen-bond acceptors (Lipinski definition) is 5. The smallest absolute Gasteiger partial charge is 0.309 e. The van der Waals surface area contributed by atoms with Crippen molar-refractivity contribution < 1.29 is 24.2 Å². The molecule has 2 heterocycles. The molecule has 0 radical (unpaired) electrons. The molecule has 0 saturated carbocycles. The summed E-state index contributed by atoms with van der Waals surface area (Å²) in [7, 11) is 0. The molecule has 4 atom stereocenters. The standard InChI is InChI=1S/C25H34N2O5/c1-18(16-28)26-23(29)15-20-10-5-6-11-21(14-19-8-3-2-4-9-19)25(31)32-17-22-12-7-13-27(22)24(20)30/h2-6,8-9,18,20-22,28H,7,10-17H2,1H3,(H,26,29). The minimum Gasteiger partial charge on any atom is -0.463 e. The molecule has 0 spiro atoms. The molecule has 2 N–H and O–H groups in total. The van der Waals surface area contributed by atoms with Gasteiger partial charge in [0.2, 0.25) is 11.8 Å². The van der Waals surface area contributed by atoms with Gasteiger partial charge in [-0.15, -0.1) is 0 Å². The molecule has 1 fully saturated rings. The number of carbonyl (C=O) groups excluding carboxylic acids is 3. The molecule has 0 aliphatic carbocycles. The van der Waals surface area contributed by atoms with Crippen LogP contribution in [-0.4, -0.2) is 59.6 Å². The van der Waals surface area contributed by atoms with Gasteiger partial charge in [-0.2, -0.15) is 0 Å². The fourth-order valence-corrected chi connectivity index (χ4v) is 4.39. The molecule has 7 nitrogen and oxygen atoms in total. The fraction of sp³-hybridized carbons (Fsp3) is 0.560. The van der Waals surface area contributed by atoms with E-state index in [1.165, 1.54) is 0 Å². The van der Waals surface area contributed by atoms with E-state index in [4.69, 9.17) is 4.74 Å². The number of rotatable bonds is 6. The van der Waals surface area contributed by atoms with Crippen LogP contribution in [0.4, 0.5) is 0 Å². The highest BCUT2D eigenvalue weighted by Crippen LogP contribution is 2.25. The SMILES string of the molecule is CC(CO)NC(=O)CC1CC=CCC(Cc2ccccc2)C(=O)OCC2CCCN2C1=O. The molecule has 0 aromatic heterocycles. The van der Waals surface area contributed by atoms with E-state index in [0.29, 0.717) is 25.8 Å². The Morgan fingerprint density at radius 1 is 1.19 bits per heavy atom. The number of amides is 2. The number of hydrogen-bond donors (Lipinski definition) is 2. The van der Waals surface area contributed by atoms with Crippen molar-refractivity contribution in [3.8, 4) is 0 Å². The lowest BCUT2D eigenvalue weighted by Crippen LogP contribution is -2.44. The molecule has 3 rings (SSSR count). The molecular formula is C25H34N2O5. The second-order valence-corrected chi connectivity index (χ2v) is 8.84. The summed E-state index contributed by atoms with van der Waals surface area (Å²) in [5.74, 6) is -1.30. The largest absolute Gasteiger partial charge is 0.463 e. The number of carbonyl (C=O) groups is 3. The Bertz CT molecular complexity index is 810. The number of benzene rings is 1. The Morgan fingerprint density at radius 3 is 2.62 bits per heavy atom. The van der Waals surface area contributed by atoms with E-state index in [1.807, 2.05) is 42.5 Å². The van der Waals surface area contributed by atoms with E-state index in [9.17, 15) is 19.5 Å². The van der Waals surface area contributed by atoms with Crippen LogP contribution in [0.15, 0.2) is 42.5 Å². The maximum absolute atomic E-state index is 13.2. The second kappa shape index (κ2) is 11.8. The van der Waals surface area contributed by atoms with Crippen LogP contribution < -0.4 is 5.32 Å². The predicted octanol–water partition coefficient (Wildman–Crippen LogP) is 2.23. The van der Waals surface area contributed by atoms with Crippen molar-refractivity contribution in [3.05, 3.63) is 48.0 Å². The average Bonchev–Trinajstić information content (AvgIpc) is 3.26. The number of nitrogens with zero attached hydrogens (tertiary/aromatic N) is 1. The van der Waals surface area contributed by atoms with Crippen molar-refractivity contribution in [2.24, 2.45) is 11.8 Å². The summed E-state index contributed by atoms with van der Waals surface area (Å²) in [6, 6.07) is 9.39. The fourth-order valence-electron chi connectivity index (χ4n) is 4.39. The first-order chi connectivity index (χ1) is 15.5. The lowest BCUT2D eigenvalue weighted by atomic mass is 9.94. The zero-order valence-corrected chi connectivity index (χ0v) is 18.7. The van der Waals surface area contributed by atoms with Gasteiger partial charge in [0.05, 0.1) is 24.5 Å². The molecule has 0 bridgehead atoms. The molecule has 2 amide bonds. The Morgan fingerprint density at radius 2 is 1.91 bits per heavy atom. The number of aliphatic hydroxyl groups is 1. The zero-order chi connectivity index (χ0) is 22.9. The average molecular weight is 443 g/mol. The highest BCUT2D eigenvalue weighted by atomic mass is 16.5. The summed E-state index contributed by atoms with van der Waals surface area (Å²) in [6.07, 6.45) is 7.12. The Kier molecular flexibility index (Phi) is 8.85. The highest BCUT2D eigenvalue weighted by Gasteiger charge is 2.35. The number of ether oxygens (including phenoxy) is 1. The summed E-state index contributed by atoms with van der Waals surface area (Å²) in [6.45, 7) is 2.38. The lowest BCUT2D eigenvalue weighted by molar-refractivity contribution is -0.152. The van der Waals surface area contributed by atoms with Crippen molar-refractivity contribution in [2.75, 3.05) is 19.8 Å². The number of nitrogens with one attached hydrogen (secondary N) is 1. The van der Waals surface area contributed by atoms with Gasteiger partial charge in [0.1, 0.15) is 6.61 Å². The van der Waals surface area contributed by atoms with Crippen LogP contribution in [0.1, 0.15) is 44.6 Å².